The van der Waals surface area contributed by atoms with Crippen molar-refractivity contribution in [3.05, 3.63) is 34.9 Å². The van der Waals surface area contributed by atoms with E-state index >= 15 is 0 Å². The lowest BCUT2D eigenvalue weighted by atomic mass is 9.97. The van der Waals surface area contributed by atoms with Crippen LogP contribution in [0.2, 0.25) is 0 Å². The summed E-state index contributed by atoms with van der Waals surface area (Å²) in [5, 5.41) is 27.8. The number of halogens is 4. The highest BCUT2D eigenvalue weighted by atomic mass is 35.5. The number of hydrogen-bond donors (Lipinski definition) is 3. The zero-order chi connectivity index (χ0) is 14.8. The Morgan fingerprint density at radius 3 is 2.32 bits per heavy atom. The summed E-state index contributed by atoms with van der Waals surface area (Å²) in [7, 11) is 0. The topological polar surface area (TPSA) is 77.8 Å². The van der Waals surface area contributed by atoms with Gasteiger partial charge in [-0.1, -0.05) is 6.07 Å². The smallest absolute Gasteiger partial charge is 0.416 e. The molecule has 1 aromatic carbocycles. The third-order valence-electron chi connectivity index (χ3n) is 2.45. The van der Waals surface area contributed by atoms with Gasteiger partial charge in [-0.15, -0.1) is 11.6 Å². The second-order valence-corrected chi connectivity index (χ2v) is 4.08. The van der Waals surface area contributed by atoms with Gasteiger partial charge in [-0.3, -0.25) is 0 Å². The van der Waals surface area contributed by atoms with Crippen LogP contribution in [-0.4, -0.2) is 33.3 Å². The second-order valence-electron chi connectivity index (χ2n) is 3.77. The van der Waals surface area contributed by atoms with Crippen molar-refractivity contribution in [3.8, 4) is 0 Å². The van der Waals surface area contributed by atoms with Gasteiger partial charge in [0.05, 0.1) is 23.1 Å². The predicted octanol–water partition coefficient (Wildman–Crippen LogP) is 2.04. The van der Waals surface area contributed by atoms with Crippen molar-refractivity contribution in [2.24, 2.45) is 0 Å². The maximum Gasteiger partial charge on any atom is 0.416 e. The molecule has 0 saturated carbocycles. The highest BCUT2D eigenvalue weighted by Crippen LogP contribution is 2.32. The molecule has 0 aliphatic carbocycles. The number of aliphatic hydroxyl groups excluding tert-OH is 2. The summed E-state index contributed by atoms with van der Waals surface area (Å²) in [5.41, 5.74) is -2.21. The van der Waals surface area contributed by atoms with E-state index < -0.39 is 35.5 Å². The highest BCUT2D eigenvalue weighted by Gasteiger charge is 2.33. The number of carboxylic acids is 1. The fourth-order valence-corrected chi connectivity index (χ4v) is 1.64. The van der Waals surface area contributed by atoms with E-state index in [2.05, 4.69) is 0 Å². The molecule has 106 valence electrons. The van der Waals surface area contributed by atoms with E-state index in [9.17, 15) is 28.2 Å². The summed E-state index contributed by atoms with van der Waals surface area (Å²) in [4.78, 5) is 10.9. The normalized spacial score (nSPS) is 15.1. The van der Waals surface area contributed by atoms with Crippen LogP contribution in [-0.2, 0) is 6.18 Å². The SMILES string of the molecule is O=C(O)c1cc(C(F)(F)F)ccc1C(O)C(O)CCl. The Kier molecular flexibility index (Phi) is 4.78. The minimum Gasteiger partial charge on any atom is -0.478 e. The minimum absolute atomic E-state index is 0.325. The van der Waals surface area contributed by atoms with Crippen LogP contribution in [0.3, 0.4) is 0 Å². The van der Waals surface area contributed by atoms with E-state index in [1.54, 1.807) is 0 Å². The van der Waals surface area contributed by atoms with Crippen molar-refractivity contribution in [2.75, 3.05) is 5.88 Å². The molecule has 0 aliphatic heterocycles. The molecule has 0 bridgehead atoms. The van der Waals surface area contributed by atoms with E-state index in [1.807, 2.05) is 0 Å². The average Bonchev–Trinajstić information content (AvgIpc) is 2.35. The van der Waals surface area contributed by atoms with Crippen molar-refractivity contribution in [1.82, 2.24) is 0 Å². The Morgan fingerprint density at radius 2 is 1.89 bits per heavy atom. The van der Waals surface area contributed by atoms with Crippen LogP contribution in [0, 0.1) is 0 Å². The molecule has 0 saturated heterocycles. The number of carboxylic acid groups (broad SMARTS) is 1. The number of alkyl halides is 4. The Hall–Kier alpha value is -1.31. The first-order valence-corrected chi connectivity index (χ1v) is 5.58. The molecule has 2 atom stereocenters. The van der Waals surface area contributed by atoms with Gasteiger partial charge in [0.1, 0.15) is 6.10 Å². The zero-order valence-corrected chi connectivity index (χ0v) is 10.1. The third-order valence-corrected chi connectivity index (χ3v) is 2.77. The lowest BCUT2D eigenvalue weighted by molar-refractivity contribution is -0.137. The molecule has 1 rings (SSSR count). The van der Waals surface area contributed by atoms with Crippen LogP contribution in [0.1, 0.15) is 27.6 Å². The Balaban J connectivity index is 3.31. The molecule has 0 fully saturated rings. The van der Waals surface area contributed by atoms with Gasteiger partial charge >= 0.3 is 12.1 Å². The Labute approximate surface area is 111 Å². The average molecular weight is 299 g/mol. The van der Waals surface area contributed by atoms with Crippen molar-refractivity contribution < 1.29 is 33.3 Å². The predicted molar refractivity (Wildman–Crippen MR) is 60.1 cm³/mol. The number of aromatic carboxylic acids is 1. The van der Waals surface area contributed by atoms with E-state index in [-0.39, 0.29) is 11.4 Å². The van der Waals surface area contributed by atoms with Crippen LogP contribution in [0.15, 0.2) is 18.2 Å². The fourth-order valence-electron chi connectivity index (χ4n) is 1.47. The first-order valence-electron chi connectivity index (χ1n) is 5.05. The molecular weight excluding hydrogens is 289 g/mol. The second kappa shape index (κ2) is 5.77. The molecule has 19 heavy (non-hydrogen) atoms. The maximum atomic E-state index is 12.5. The van der Waals surface area contributed by atoms with E-state index in [0.717, 1.165) is 6.07 Å². The lowest BCUT2D eigenvalue weighted by Gasteiger charge is -2.19. The van der Waals surface area contributed by atoms with Crippen molar-refractivity contribution in [1.29, 1.82) is 0 Å². The van der Waals surface area contributed by atoms with Gasteiger partial charge in [-0.2, -0.15) is 13.2 Å². The van der Waals surface area contributed by atoms with Crippen LogP contribution < -0.4 is 0 Å². The summed E-state index contributed by atoms with van der Waals surface area (Å²) < 4.78 is 37.4. The maximum absolute atomic E-state index is 12.5. The van der Waals surface area contributed by atoms with Crippen molar-refractivity contribution in [2.45, 2.75) is 18.4 Å². The summed E-state index contributed by atoms with van der Waals surface area (Å²) >= 11 is 5.30. The van der Waals surface area contributed by atoms with E-state index in [1.165, 1.54) is 0 Å². The molecular formula is C11H10ClF3O4. The summed E-state index contributed by atoms with van der Waals surface area (Å²) in [6.45, 7) is 0. The summed E-state index contributed by atoms with van der Waals surface area (Å²) in [6.07, 6.45) is -7.85. The monoisotopic (exact) mass is 298 g/mol. The molecule has 2 unspecified atom stereocenters. The molecule has 0 aromatic heterocycles. The zero-order valence-electron chi connectivity index (χ0n) is 9.36. The van der Waals surface area contributed by atoms with Gasteiger partial charge in [0.15, 0.2) is 0 Å². The fraction of sp³-hybridized carbons (Fsp3) is 0.364. The first kappa shape index (κ1) is 15.7. The largest absolute Gasteiger partial charge is 0.478 e. The van der Waals surface area contributed by atoms with Crippen molar-refractivity contribution >= 4 is 17.6 Å². The van der Waals surface area contributed by atoms with Crippen LogP contribution in [0.4, 0.5) is 13.2 Å². The van der Waals surface area contributed by atoms with Gasteiger partial charge in [0.25, 0.3) is 0 Å². The molecule has 1 aromatic rings. The molecule has 4 nitrogen and oxygen atoms in total. The molecule has 0 amide bonds. The number of rotatable bonds is 4. The molecule has 8 heteroatoms. The van der Waals surface area contributed by atoms with E-state index in [4.69, 9.17) is 16.7 Å². The van der Waals surface area contributed by atoms with Gasteiger partial charge in [0.2, 0.25) is 0 Å². The molecule has 0 radical (unpaired) electrons. The summed E-state index contributed by atoms with van der Waals surface area (Å²) in [6, 6.07) is 1.85. The molecule has 0 spiro atoms. The quantitative estimate of drug-likeness (QED) is 0.743. The standard InChI is InChI=1S/C11H10ClF3O4/c12-4-8(16)9(17)6-2-1-5(11(13,14)15)3-7(6)10(18)19/h1-3,8-9,16-17H,4H2,(H,18,19). The number of benzene rings is 1. The summed E-state index contributed by atoms with van der Waals surface area (Å²) in [5.74, 6) is -2.02. The lowest BCUT2D eigenvalue weighted by Crippen LogP contribution is -2.22. The van der Waals surface area contributed by atoms with Crippen molar-refractivity contribution in [3.63, 3.8) is 0 Å². The molecule has 0 heterocycles. The first-order chi connectivity index (χ1) is 8.68. The highest BCUT2D eigenvalue weighted by molar-refractivity contribution is 6.18. The van der Waals surface area contributed by atoms with Gasteiger partial charge in [0, 0.05) is 0 Å². The van der Waals surface area contributed by atoms with Gasteiger partial charge in [-0.05, 0) is 17.7 Å². The van der Waals surface area contributed by atoms with Crippen LogP contribution in [0.5, 0.6) is 0 Å². The van der Waals surface area contributed by atoms with Crippen LogP contribution >= 0.6 is 11.6 Å². The Bertz CT molecular complexity index is 475. The minimum atomic E-state index is -4.70. The number of hydrogen-bond acceptors (Lipinski definition) is 3. The number of aliphatic hydroxyl groups is 2. The van der Waals surface area contributed by atoms with Gasteiger partial charge < -0.3 is 15.3 Å². The Morgan fingerprint density at radius 1 is 1.32 bits per heavy atom. The third kappa shape index (κ3) is 3.59. The molecule has 0 aliphatic rings. The van der Waals surface area contributed by atoms with Gasteiger partial charge in [-0.25, -0.2) is 4.79 Å². The van der Waals surface area contributed by atoms with E-state index in [0.29, 0.717) is 12.1 Å². The van der Waals surface area contributed by atoms with Crippen LogP contribution in [0.25, 0.3) is 0 Å². The number of carbonyl (C=O) groups is 1. The molecule has 3 N–H and O–H groups in total.